The maximum absolute atomic E-state index is 13.2. The molecule has 1 aromatic carbocycles. The fourth-order valence-corrected chi connectivity index (χ4v) is 8.76. The number of aromatic hydroxyl groups is 2. The molecule has 6 rings (SSSR count). The first-order valence-corrected chi connectivity index (χ1v) is 11.6. The van der Waals surface area contributed by atoms with Gasteiger partial charge in [0.2, 0.25) is 0 Å². The fourth-order valence-electron chi connectivity index (χ4n) is 8.76. The molecule has 32 heavy (non-hydrogen) atoms. The average molecular weight is 436 g/mol. The van der Waals surface area contributed by atoms with Crippen LogP contribution in [0.5, 0.6) is 11.5 Å². The van der Waals surface area contributed by atoms with Crippen LogP contribution in [0, 0.1) is 39.9 Å². The van der Waals surface area contributed by atoms with Crippen molar-refractivity contribution < 1.29 is 24.6 Å². The fraction of sp³-hybridized carbons (Fsp3) is 0.577. The largest absolute Gasteiger partial charge is 0.508 e. The Labute approximate surface area is 187 Å². The van der Waals surface area contributed by atoms with E-state index in [0.717, 1.165) is 24.8 Å². The number of ketones is 1. The molecule has 4 saturated carbocycles. The van der Waals surface area contributed by atoms with Gasteiger partial charge in [-0.2, -0.15) is 0 Å². The molecule has 1 heterocycles. The molecule has 4 aliphatic carbocycles. The number of allylic oxidation sites excluding steroid dienone is 1. The normalized spacial score (nSPS) is 43.6. The Morgan fingerprint density at radius 1 is 1.16 bits per heavy atom. The number of rotatable bonds is 2. The lowest BCUT2D eigenvalue weighted by atomic mass is 9.32. The van der Waals surface area contributed by atoms with Crippen LogP contribution in [0.1, 0.15) is 72.7 Å². The first-order chi connectivity index (χ1) is 15.0. The number of Topliss-reactive ketones (excluding diaryl/α,β-unsaturated/α-hetero) is 1. The van der Waals surface area contributed by atoms with Crippen LogP contribution in [0.4, 0.5) is 0 Å². The maximum atomic E-state index is 13.2. The number of benzene rings is 1. The third-order valence-corrected chi connectivity index (χ3v) is 10.5. The molecule has 4 fully saturated rings. The molecule has 6 heteroatoms. The van der Waals surface area contributed by atoms with E-state index < -0.39 is 11.8 Å². The highest BCUT2D eigenvalue weighted by molar-refractivity contribution is 6.23. The van der Waals surface area contributed by atoms with E-state index in [-0.39, 0.29) is 50.7 Å². The van der Waals surface area contributed by atoms with Crippen LogP contribution in [-0.2, 0) is 11.2 Å². The quantitative estimate of drug-likeness (QED) is 0.485. The zero-order chi connectivity index (χ0) is 23.0. The third-order valence-electron chi connectivity index (χ3n) is 10.5. The number of nitrogens with one attached hydrogen (secondary N) is 1. The molecule has 5 aliphatic rings. The van der Waals surface area contributed by atoms with Crippen LogP contribution in [0.15, 0.2) is 18.2 Å². The summed E-state index contributed by atoms with van der Waals surface area (Å²) >= 11 is 0. The monoisotopic (exact) mass is 435 g/mol. The lowest BCUT2D eigenvalue weighted by Crippen LogP contribution is -2.69. The molecule has 1 aliphatic heterocycles. The Morgan fingerprint density at radius 2 is 1.88 bits per heavy atom. The summed E-state index contributed by atoms with van der Waals surface area (Å²) in [6.45, 7) is 10.9. The number of carbonyl (C=O) groups excluding carboxylic acids is 3. The number of hydrogen-bond donors (Lipinski definition) is 3. The van der Waals surface area contributed by atoms with Crippen molar-refractivity contribution in [3.05, 3.63) is 34.9 Å². The van der Waals surface area contributed by atoms with Gasteiger partial charge in [0, 0.05) is 17.4 Å². The molecule has 3 unspecified atom stereocenters. The van der Waals surface area contributed by atoms with E-state index in [1.54, 1.807) is 0 Å². The molecule has 3 N–H and O–H groups in total. The second-order valence-corrected chi connectivity index (χ2v) is 11.4. The minimum atomic E-state index is -0.637. The number of carbonyl (C=O) groups is 3. The Morgan fingerprint density at radius 3 is 2.59 bits per heavy atom. The van der Waals surface area contributed by atoms with Crippen molar-refractivity contribution in [2.75, 3.05) is 0 Å². The van der Waals surface area contributed by atoms with E-state index in [0.29, 0.717) is 36.0 Å². The molecule has 1 aromatic rings. The van der Waals surface area contributed by atoms with Gasteiger partial charge in [-0.3, -0.25) is 19.7 Å². The van der Waals surface area contributed by atoms with Gasteiger partial charge in [-0.05, 0) is 66.3 Å². The lowest BCUT2D eigenvalue weighted by Gasteiger charge is -2.70. The summed E-state index contributed by atoms with van der Waals surface area (Å²) in [5.74, 6) is 0.0143. The van der Waals surface area contributed by atoms with Gasteiger partial charge in [-0.15, -0.1) is 0 Å². The molecular weight excluding hydrogens is 406 g/mol. The summed E-state index contributed by atoms with van der Waals surface area (Å²) in [6, 6.07) is 1.29. The number of hydrogen-bond acceptors (Lipinski definition) is 5. The van der Waals surface area contributed by atoms with Crippen molar-refractivity contribution in [3.63, 3.8) is 0 Å². The summed E-state index contributed by atoms with van der Waals surface area (Å²) in [4.78, 5) is 37.5. The highest BCUT2D eigenvalue weighted by atomic mass is 16.3. The summed E-state index contributed by atoms with van der Waals surface area (Å²) in [5.41, 5.74) is 0.468. The zero-order valence-electron chi connectivity index (χ0n) is 18.7. The second kappa shape index (κ2) is 5.64. The van der Waals surface area contributed by atoms with Crippen LogP contribution in [-0.4, -0.2) is 27.8 Å². The van der Waals surface area contributed by atoms with Crippen molar-refractivity contribution in [3.8, 4) is 11.5 Å². The smallest absolute Gasteiger partial charge is 0.262 e. The van der Waals surface area contributed by atoms with Crippen LogP contribution in [0.3, 0.4) is 0 Å². The highest BCUT2D eigenvalue weighted by Gasteiger charge is 2.84. The highest BCUT2D eigenvalue weighted by Crippen LogP contribution is 2.87. The molecule has 0 saturated heterocycles. The lowest BCUT2D eigenvalue weighted by molar-refractivity contribution is -0.206. The SMILES string of the molecule is C=C1CC(=O)[C@]2(C)C3CC3[C@]23CC[C@H](C)[C@@](C)(Cc2c(O)cc4c(c2O)C(=O)NC4=O)C13. The molecule has 1 spiro atoms. The summed E-state index contributed by atoms with van der Waals surface area (Å²) in [6.07, 6.45) is 3.84. The predicted molar refractivity (Wildman–Crippen MR) is 116 cm³/mol. The van der Waals surface area contributed by atoms with Crippen LogP contribution in [0.2, 0.25) is 0 Å². The minimum absolute atomic E-state index is 0.00660. The van der Waals surface area contributed by atoms with Crippen molar-refractivity contribution in [2.24, 2.45) is 39.9 Å². The van der Waals surface area contributed by atoms with Gasteiger partial charge < -0.3 is 10.2 Å². The molecule has 2 amide bonds. The Balaban J connectivity index is 1.49. The molecular formula is C26H29NO5. The van der Waals surface area contributed by atoms with Crippen molar-refractivity contribution >= 4 is 17.6 Å². The first-order valence-electron chi connectivity index (χ1n) is 11.6. The van der Waals surface area contributed by atoms with E-state index >= 15 is 0 Å². The average Bonchev–Trinajstić information content (AvgIpc) is 3.43. The molecule has 168 valence electrons. The van der Waals surface area contributed by atoms with Gasteiger partial charge in [-0.1, -0.05) is 32.9 Å². The van der Waals surface area contributed by atoms with Gasteiger partial charge in [0.1, 0.15) is 17.3 Å². The van der Waals surface area contributed by atoms with E-state index in [1.807, 2.05) is 0 Å². The number of amides is 2. The van der Waals surface area contributed by atoms with Gasteiger partial charge in [-0.25, -0.2) is 0 Å². The van der Waals surface area contributed by atoms with Gasteiger partial charge in [0.25, 0.3) is 11.8 Å². The predicted octanol–water partition coefficient (Wildman–Crippen LogP) is 3.75. The van der Waals surface area contributed by atoms with Crippen LogP contribution in [0.25, 0.3) is 0 Å². The Kier molecular flexibility index (Phi) is 3.53. The van der Waals surface area contributed by atoms with Gasteiger partial charge in [0.15, 0.2) is 0 Å². The Bertz CT molecular complexity index is 1170. The third kappa shape index (κ3) is 1.93. The van der Waals surface area contributed by atoms with Gasteiger partial charge in [0.05, 0.1) is 11.1 Å². The second-order valence-electron chi connectivity index (χ2n) is 11.4. The van der Waals surface area contributed by atoms with Crippen molar-refractivity contribution in [2.45, 2.75) is 52.9 Å². The summed E-state index contributed by atoms with van der Waals surface area (Å²) < 4.78 is 0. The maximum Gasteiger partial charge on any atom is 0.262 e. The van der Waals surface area contributed by atoms with Crippen LogP contribution < -0.4 is 5.32 Å². The molecule has 0 radical (unpaired) electrons. The van der Waals surface area contributed by atoms with Gasteiger partial charge >= 0.3 is 0 Å². The number of imide groups is 1. The van der Waals surface area contributed by atoms with Crippen molar-refractivity contribution in [1.82, 2.24) is 5.32 Å². The molecule has 0 aromatic heterocycles. The summed E-state index contributed by atoms with van der Waals surface area (Å²) in [7, 11) is 0. The van der Waals surface area contributed by atoms with Crippen LogP contribution >= 0.6 is 0 Å². The number of phenolic OH excluding ortho intramolecular Hbond substituents is 2. The van der Waals surface area contributed by atoms with E-state index in [1.165, 1.54) is 6.07 Å². The minimum Gasteiger partial charge on any atom is -0.508 e. The van der Waals surface area contributed by atoms with E-state index in [9.17, 15) is 24.6 Å². The number of fused-ring (bicyclic) bond motifs is 3. The first kappa shape index (κ1) is 20.0. The Hall–Kier alpha value is -2.63. The zero-order valence-corrected chi connectivity index (χ0v) is 18.7. The van der Waals surface area contributed by atoms with E-state index in [4.69, 9.17) is 0 Å². The topological polar surface area (TPSA) is 104 Å². The summed E-state index contributed by atoms with van der Waals surface area (Å²) in [5, 5.41) is 24.0. The number of phenols is 2. The molecule has 0 bridgehead atoms. The van der Waals surface area contributed by atoms with E-state index in [2.05, 4.69) is 32.7 Å². The standard InChI is InChI=1S/C26H29NO5/c1-11-7-18(29)25(4)15-9-16(15)26(25)6-5-12(2)24(3,21(11)26)10-14-17(28)8-13-19(20(14)30)23(32)27-22(13)31/h8,12,15-16,21,28,30H,1,5-7,9-10H2,2-4H3,(H,27,31,32)/t12-,15?,16?,21?,24+,25-,26-/m0/s1. The van der Waals surface area contributed by atoms with Crippen molar-refractivity contribution in [1.29, 1.82) is 0 Å². The molecule has 6 nitrogen and oxygen atoms in total. The molecule has 7 atom stereocenters.